The summed E-state index contributed by atoms with van der Waals surface area (Å²) in [6, 6.07) is 31.4. The van der Waals surface area contributed by atoms with Gasteiger partial charge < -0.3 is 0 Å². The molecule has 1 heteroatoms. The molecule has 1 nitrogen and oxygen atoms in total. The van der Waals surface area contributed by atoms with E-state index in [1.807, 2.05) is 6.20 Å². The molecular weight excluding hydrogens is 434 g/mol. The molecule has 0 unspecified atom stereocenters. The second-order valence-electron chi connectivity index (χ2n) is 11.8. The van der Waals surface area contributed by atoms with Crippen LogP contribution in [0.5, 0.6) is 0 Å². The number of hydrogen-bond acceptors (Lipinski definition) is 1. The van der Waals surface area contributed by atoms with Gasteiger partial charge in [-0.1, -0.05) is 101 Å². The molecular formula is C35H33N. The summed E-state index contributed by atoms with van der Waals surface area (Å²) in [5.41, 5.74) is 12.7. The Morgan fingerprint density at radius 1 is 0.694 bits per heavy atom. The molecule has 0 fully saturated rings. The predicted octanol–water partition coefficient (Wildman–Crippen LogP) is 9.48. The van der Waals surface area contributed by atoms with Crippen LogP contribution in [0.4, 0.5) is 0 Å². The molecule has 36 heavy (non-hydrogen) atoms. The first-order chi connectivity index (χ1) is 17.1. The summed E-state index contributed by atoms with van der Waals surface area (Å²) in [5, 5.41) is 2.60. The average molecular weight is 468 g/mol. The fourth-order valence-corrected chi connectivity index (χ4v) is 5.96. The van der Waals surface area contributed by atoms with E-state index in [0.717, 1.165) is 5.69 Å². The van der Waals surface area contributed by atoms with Gasteiger partial charge in [-0.25, -0.2) is 0 Å². The van der Waals surface area contributed by atoms with E-state index in [0.29, 0.717) is 0 Å². The van der Waals surface area contributed by atoms with Crippen LogP contribution in [0.1, 0.15) is 56.9 Å². The zero-order valence-corrected chi connectivity index (χ0v) is 22.1. The molecule has 1 heterocycles. The second kappa shape index (κ2) is 7.90. The van der Waals surface area contributed by atoms with Crippen molar-refractivity contribution < 1.29 is 0 Å². The van der Waals surface area contributed by atoms with E-state index in [2.05, 4.69) is 126 Å². The second-order valence-corrected chi connectivity index (χ2v) is 11.8. The Hall–Kier alpha value is -3.71. The fourth-order valence-electron chi connectivity index (χ4n) is 5.96. The van der Waals surface area contributed by atoms with Crippen LogP contribution in [0.25, 0.3) is 44.3 Å². The molecule has 0 amide bonds. The van der Waals surface area contributed by atoms with Gasteiger partial charge in [0, 0.05) is 17.2 Å². The van der Waals surface area contributed by atoms with E-state index < -0.39 is 0 Å². The minimum absolute atomic E-state index is 0.0367. The van der Waals surface area contributed by atoms with Gasteiger partial charge in [-0.2, -0.15) is 0 Å². The van der Waals surface area contributed by atoms with Crippen molar-refractivity contribution in [3.63, 3.8) is 0 Å². The highest BCUT2D eigenvalue weighted by atomic mass is 14.7. The Morgan fingerprint density at radius 2 is 1.42 bits per heavy atom. The lowest BCUT2D eigenvalue weighted by Crippen LogP contribution is -2.17. The van der Waals surface area contributed by atoms with Crippen molar-refractivity contribution in [3.05, 3.63) is 113 Å². The molecule has 6 rings (SSSR count). The first-order valence-electron chi connectivity index (χ1n) is 12.9. The van der Waals surface area contributed by atoms with Crippen molar-refractivity contribution in [3.8, 4) is 33.5 Å². The largest absolute Gasteiger partial charge is 0.256 e. The van der Waals surface area contributed by atoms with E-state index in [1.54, 1.807) is 0 Å². The van der Waals surface area contributed by atoms with E-state index in [-0.39, 0.29) is 10.8 Å². The van der Waals surface area contributed by atoms with E-state index >= 15 is 0 Å². The topological polar surface area (TPSA) is 12.9 Å². The number of aryl methyl sites for hydroxylation is 1. The summed E-state index contributed by atoms with van der Waals surface area (Å²) in [5.74, 6) is 0. The van der Waals surface area contributed by atoms with Crippen LogP contribution in [0, 0.1) is 6.92 Å². The third kappa shape index (κ3) is 3.49. The van der Waals surface area contributed by atoms with Crippen LogP contribution < -0.4 is 0 Å². The molecule has 1 aliphatic carbocycles. The van der Waals surface area contributed by atoms with Gasteiger partial charge in [0.2, 0.25) is 0 Å². The van der Waals surface area contributed by atoms with Crippen LogP contribution in [0.15, 0.2) is 91.1 Å². The van der Waals surface area contributed by atoms with E-state index in [1.165, 1.54) is 60.8 Å². The molecule has 4 aromatic carbocycles. The van der Waals surface area contributed by atoms with Gasteiger partial charge in [-0.05, 0) is 86.3 Å². The Labute approximate surface area is 214 Å². The number of hydrogen-bond donors (Lipinski definition) is 0. The SMILES string of the molecule is Cc1ccc(-c2ccc3c(c2)C(C)(C)c2c-3ccnc2-c2cc(C(C)(C)C)c3ccccc3c2)cc1. The summed E-state index contributed by atoms with van der Waals surface area (Å²) >= 11 is 0. The lowest BCUT2D eigenvalue weighted by Gasteiger charge is -2.26. The highest BCUT2D eigenvalue weighted by molar-refractivity contribution is 5.94. The molecule has 0 saturated heterocycles. The first kappa shape index (κ1) is 22.7. The summed E-state index contributed by atoms with van der Waals surface area (Å²) in [7, 11) is 0. The van der Waals surface area contributed by atoms with Crippen molar-refractivity contribution in [1.82, 2.24) is 4.98 Å². The van der Waals surface area contributed by atoms with Crippen LogP contribution in [0.2, 0.25) is 0 Å². The number of pyridine rings is 1. The predicted molar refractivity (Wildman–Crippen MR) is 154 cm³/mol. The molecule has 0 spiro atoms. The Balaban J connectivity index is 1.56. The van der Waals surface area contributed by atoms with Gasteiger partial charge in [0.25, 0.3) is 0 Å². The molecule has 1 aliphatic rings. The van der Waals surface area contributed by atoms with Crippen molar-refractivity contribution in [2.75, 3.05) is 0 Å². The van der Waals surface area contributed by atoms with Gasteiger partial charge in [-0.15, -0.1) is 0 Å². The normalized spacial score (nSPS) is 14.1. The molecule has 0 saturated carbocycles. The fraction of sp³-hybridized carbons (Fsp3) is 0.229. The van der Waals surface area contributed by atoms with Crippen LogP contribution in [-0.4, -0.2) is 4.98 Å². The molecule has 0 radical (unpaired) electrons. The highest BCUT2D eigenvalue weighted by Gasteiger charge is 2.38. The van der Waals surface area contributed by atoms with Gasteiger partial charge in [0.15, 0.2) is 0 Å². The van der Waals surface area contributed by atoms with E-state index in [9.17, 15) is 0 Å². The molecule has 5 aromatic rings. The summed E-state index contributed by atoms with van der Waals surface area (Å²) < 4.78 is 0. The molecule has 0 aliphatic heterocycles. The smallest absolute Gasteiger partial charge is 0.0749 e. The van der Waals surface area contributed by atoms with Crippen LogP contribution in [0.3, 0.4) is 0 Å². The zero-order chi connectivity index (χ0) is 25.2. The molecule has 0 bridgehead atoms. The summed E-state index contributed by atoms with van der Waals surface area (Å²) in [4.78, 5) is 5.02. The highest BCUT2D eigenvalue weighted by Crippen LogP contribution is 2.52. The molecule has 0 atom stereocenters. The summed E-state index contributed by atoms with van der Waals surface area (Å²) in [6.07, 6.45) is 1.99. The van der Waals surface area contributed by atoms with Crippen molar-refractivity contribution in [1.29, 1.82) is 0 Å². The maximum absolute atomic E-state index is 5.02. The maximum atomic E-state index is 5.02. The lowest BCUT2D eigenvalue weighted by atomic mass is 9.78. The monoisotopic (exact) mass is 467 g/mol. The number of nitrogens with zero attached hydrogens (tertiary/aromatic N) is 1. The number of rotatable bonds is 2. The minimum atomic E-state index is -0.150. The minimum Gasteiger partial charge on any atom is -0.256 e. The summed E-state index contributed by atoms with van der Waals surface area (Å²) in [6.45, 7) is 13.7. The Morgan fingerprint density at radius 3 is 2.17 bits per heavy atom. The number of fused-ring (bicyclic) bond motifs is 4. The van der Waals surface area contributed by atoms with Crippen molar-refractivity contribution in [2.24, 2.45) is 0 Å². The molecule has 0 N–H and O–H groups in total. The van der Waals surface area contributed by atoms with Crippen molar-refractivity contribution >= 4 is 10.8 Å². The lowest BCUT2D eigenvalue weighted by molar-refractivity contribution is 0.596. The Kier molecular flexibility index (Phi) is 4.99. The standard InChI is InChI=1S/C35H33N/c1-22-11-13-23(14-12-22)24-15-16-28-29-17-18-36-33(32(29)35(5,6)31(28)20-24)26-19-25-9-7-8-10-27(25)30(21-26)34(2,3)4/h7-21H,1-6H3. The van der Waals surface area contributed by atoms with Gasteiger partial charge >= 0.3 is 0 Å². The van der Waals surface area contributed by atoms with Gasteiger partial charge in [0.05, 0.1) is 5.69 Å². The number of aromatic nitrogens is 1. The molecule has 1 aromatic heterocycles. The van der Waals surface area contributed by atoms with Gasteiger partial charge in [-0.3, -0.25) is 4.98 Å². The quantitative estimate of drug-likeness (QED) is 0.252. The Bertz CT molecular complexity index is 1630. The van der Waals surface area contributed by atoms with Crippen molar-refractivity contribution in [2.45, 2.75) is 52.4 Å². The van der Waals surface area contributed by atoms with Crippen LogP contribution >= 0.6 is 0 Å². The third-order valence-electron chi connectivity index (χ3n) is 7.89. The number of benzene rings is 4. The van der Waals surface area contributed by atoms with E-state index in [4.69, 9.17) is 4.98 Å². The maximum Gasteiger partial charge on any atom is 0.0749 e. The van der Waals surface area contributed by atoms with Crippen LogP contribution in [-0.2, 0) is 10.8 Å². The molecule has 178 valence electrons. The average Bonchev–Trinajstić information content (AvgIpc) is 3.10. The third-order valence-corrected chi connectivity index (χ3v) is 7.89. The van der Waals surface area contributed by atoms with Gasteiger partial charge in [0.1, 0.15) is 0 Å². The zero-order valence-electron chi connectivity index (χ0n) is 22.1. The first-order valence-corrected chi connectivity index (χ1v) is 12.9.